The second kappa shape index (κ2) is 10.4. The summed E-state index contributed by atoms with van der Waals surface area (Å²) in [5.41, 5.74) is 2.13. The zero-order valence-electron chi connectivity index (χ0n) is 9.18. The van der Waals surface area contributed by atoms with Crippen LogP contribution >= 0.6 is 0 Å². The van der Waals surface area contributed by atoms with E-state index in [1.807, 2.05) is 13.8 Å². The van der Waals surface area contributed by atoms with Crippen molar-refractivity contribution < 1.29 is 29.4 Å². The molecular formula is C11H18O2Rh. The maximum atomic E-state index is 10.0. The van der Waals surface area contributed by atoms with Gasteiger partial charge in [-0.15, -0.1) is 0 Å². The number of aliphatic hydroxyl groups excluding tert-OH is 1. The van der Waals surface area contributed by atoms with Crippen molar-refractivity contribution in [2.45, 2.75) is 27.7 Å². The van der Waals surface area contributed by atoms with Crippen molar-refractivity contribution in [2.24, 2.45) is 0 Å². The molecule has 0 amide bonds. The first kappa shape index (κ1) is 19.0. The monoisotopic (exact) mass is 285 g/mol. The summed E-state index contributed by atoms with van der Waals surface area (Å²) in [7, 11) is 0. The van der Waals surface area contributed by atoms with E-state index in [-0.39, 0.29) is 31.0 Å². The van der Waals surface area contributed by atoms with Gasteiger partial charge in [-0.3, -0.25) is 4.79 Å². The summed E-state index contributed by atoms with van der Waals surface area (Å²) in [5.74, 6) is -0.0625. The van der Waals surface area contributed by atoms with Gasteiger partial charge in [-0.2, -0.15) is 0 Å². The molecule has 3 heteroatoms. The molecule has 0 rings (SSSR count). The minimum Gasteiger partial charge on any atom is -0.512 e. The SMILES string of the molecule is C=C(C)C(=C)C.CC(=O)/C=C(/C)O.[Rh]. The summed E-state index contributed by atoms with van der Waals surface area (Å²) < 4.78 is 0. The molecule has 0 aliphatic rings. The van der Waals surface area contributed by atoms with Gasteiger partial charge in [0.1, 0.15) is 0 Å². The molecule has 14 heavy (non-hydrogen) atoms. The molecule has 83 valence electrons. The molecule has 1 radical (unpaired) electrons. The topological polar surface area (TPSA) is 37.3 Å². The second-order valence-corrected chi connectivity index (χ2v) is 2.96. The summed E-state index contributed by atoms with van der Waals surface area (Å²) in [6.07, 6.45) is 1.17. The van der Waals surface area contributed by atoms with Crippen LogP contribution in [0.25, 0.3) is 0 Å². The average Bonchev–Trinajstić information content (AvgIpc) is 1.84. The van der Waals surface area contributed by atoms with Crippen molar-refractivity contribution in [1.82, 2.24) is 0 Å². The van der Waals surface area contributed by atoms with Crippen molar-refractivity contribution in [2.75, 3.05) is 0 Å². The van der Waals surface area contributed by atoms with Gasteiger partial charge in [0.2, 0.25) is 0 Å². The van der Waals surface area contributed by atoms with E-state index in [2.05, 4.69) is 13.2 Å². The Morgan fingerprint density at radius 1 is 1.07 bits per heavy atom. The quantitative estimate of drug-likeness (QED) is 0.366. The van der Waals surface area contributed by atoms with Crippen LogP contribution in [0, 0.1) is 0 Å². The maximum Gasteiger partial charge on any atom is 0.155 e. The fourth-order valence-corrected chi connectivity index (χ4v) is 0.294. The molecule has 0 aromatic heterocycles. The number of hydrogen-bond donors (Lipinski definition) is 1. The van der Waals surface area contributed by atoms with Gasteiger partial charge in [-0.1, -0.05) is 24.3 Å². The molecule has 0 saturated carbocycles. The van der Waals surface area contributed by atoms with E-state index >= 15 is 0 Å². The first-order valence-corrected chi connectivity index (χ1v) is 3.96. The third-order valence-electron chi connectivity index (χ3n) is 1.14. The standard InChI is InChI=1S/C6H10.C5H8O2.Rh/c1-5(2)6(3)4;1-4(6)3-5(2)7;/h1,3H2,2,4H3;3,6H,1-2H3;/b;4-3-;. The fourth-order valence-electron chi connectivity index (χ4n) is 0.294. The van der Waals surface area contributed by atoms with Gasteiger partial charge in [-0.05, 0) is 27.7 Å². The van der Waals surface area contributed by atoms with E-state index < -0.39 is 0 Å². The van der Waals surface area contributed by atoms with E-state index in [9.17, 15) is 4.79 Å². The molecule has 0 aromatic carbocycles. The molecular weight excluding hydrogens is 267 g/mol. The predicted molar refractivity (Wildman–Crippen MR) is 56.7 cm³/mol. The van der Waals surface area contributed by atoms with Crippen molar-refractivity contribution in [3.63, 3.8) is 0 Å². The van der Waals surface area contributed by atoms with Crippen LogP contribution in [0.5, 0.6) is 0 Å². The van der Waals surface area contributed by atoms with Crippen molar-refractivity contribution >= 4 is 5.78 Å². The first-order chi connectivity index (χ1) is 5.77. The molecule has 0 aliphatic heterocycles. The van der Waals surface area contributed by atoms with Crippen LogP contribution in [-0.2, 0) is 24.3 Å². The van der Waals surface area contributed by atoms with E-state index in [4.69, 9.17) is 5.11 Å². The Bertz CT molecular complexity index is 224. The van der Waals surface area contributed by atoms with E-state index in [1.54, 1.807) is 0 Å². The number of rotatable bonds is 2. The molecule has 0 fully saturated rings. The molecule has 2 nitrogen and oxygen atoms in total. The summed E-state index contributed by atoms with van der Waals surface area (Å²) in [6, 6.07) is 0. The Morgan fingerprint density at radius 2 is 1.36 bits per heavy atom. The maximum absolute atomic E-state index is 10.0. The summed E-state index contributed by atoms with van der Waals surface area (Å²) in [5, 5.41) is 8.36. The Hall–Kier alpha value is -0.687. The van der Waals surface area contributed by atoms with Crippen molar-refractivity contribution in [3.05, 3.63) is 36.1 Å². The first-order valence-electron chi connectivity index (χ1n) is 3.96. The fraction of sp³-hybridized carbons (Fsp3) is 0.364. The zero-order valence-corrected chi connectivity index (χ0v) is 10.8. The molecule has 0 saturated heterocycles. The van der Waals surface area contributed by atoms with Crippen LogP contribution < -0.4 is 0 Å². The van der Waals surface area contributed by atoms with E-state index in [1.165, 1.54) is 19.9 Å². The molecule has 0 spiro atoms. The number of allylic oxidation sites excluding steroid dienone is 4. The molecule has 0 heterocycles. The minimum atomic E-state index is -0.125. The zero-order chi connectivity index (χ0) is 11.0. The molecule has 0 bridgehead atoms. The second-order valence-electron chi connectivity index (χ2n) is 2.96. The van der Waals surface area contributed by atoms with Gasteiger partial charge in [0.15, 0.2) is 5.78 Å². The van der Waals surface area contributed by atoms with Crippen LogP contribution in [0.2, 0.25) is 0 Å². The van der Waals surface area contributed by atoms with Crippen LogP contribution in [0.3, 0.4) is 0 Å². The minimum absolute atomic E-state index is 0. The molecule has 0 aromatic rings. The van der Waals surface area contributed by atoms with Gasteiger partial charge in [-0.25, -0.2) is 0 Å². The van der Waals surface area contributed by atoms with Gasteiger partial charge in [0.05, 0.1) is 5.76 Å². The molecule has 0 atom stereocenters. The van der Waals surface area contributed by atoms with Gasteiger partial charge >= 0.3 is 0 Å². The molecule has 0 unspecified atom stereocenters. The molecule has 0 aliphatic carbocycles. The number of hydrogen-bond acceptors (Lipinski definition) is 2. The summed E-state index contributed by atoms with van der Waals surface area (Å²) in [4.78, 5) is 10.0. The van der Waals surface area contributed by atoms with Crippen LogP contribution in [0.4, 0.5) is 0 Å². The Labute approximate surface area is 99.2 Å². The largest absolute Gasteiger partial charge is 0.512 e. The third kappa shape index (κ3) is 22.5. The van der Waals surface area contributed by atoms with Gasteiger partial charge in [0.25, 0.3) is 0 Å². The van der Waals surface area contributed by atoms with Crippen LogP contribution in [0.1, 0.15) is 27.7 Å². The van der Waals surface area contributed by atoms with E-state index in [0.717, 1.165) is 11.1 Å². The smallest absolute Gasteiger partial charge is 0.155 e. The Morgan fingerprint density at radius 3 is 1.36 bits per heavy atom. The van der Waals surface area contributed by atoms with Crippen LogP contribution in [-0.4, -0.2) is 10.9 Å². The normalized spacial score (nSPS) is 9.00. The number of ketones is 1. The number of carbonyl (C=O) groups is 1. The van der Waals surface area contributed by atoms with Crippen molar-refractivity contribution in [3.8, 4) is 0 Å². The number of aliphatic hydroxyl groups is 1. The average molecular weight is 285 g/mol. The third-order valence-corrected chi connectivity index (χ3v) is 1.14. The van der Waals surface area contributed by atoms with E-state index in [0.29, 0.717) is 0 Å². The van der Waals surface area contributed by atoms with Gasteiger partial charge in [0, 0.05) is 25.6 Å². The van der Waals surface area contributed by atoms with Gasteiger partial charge < -0.3 is 5.11 Å². The predicted octanol–water partition coefficient (Wildman–Crippen LogP) is 3.17. The van der Waals surface area contributed by atoms with Crippen LogP contribution in [0.15, 0.2) is 36.1 Å². The van der Waals surface area contributed by atoms with Crippen molar-refractivity contribution in [1.29, 1.82) is 0 Å². The summed E-state index contributed by atoms with van der Waals surface area (Å²) >= 11 is 0. The molecule has 1 N–H and O–H groups in total. The number of carbonyl (C=O) groups excluding carboxylic acids is 1. The summed E-state index contributed by atoms with van der Waals surface area (Å²) in [6.45, 7) is 14.1. The Balaban J connectivity index is -0.000000163. The Kier molecular flexibility index (Phi) is 14.1.